The Bertz CT molecular complexity index is 1380. The van der Waals surface area contributed by atoms with Crippen LogP contribution in [0.5, 0.6) is 5.75 Å². The average Bonchev–Trinajstić information content (AvgIpc) is 3.25. The third-order valence-electron chi connectivity index (χ3n) is 6.18. The fraction of sp³-hybridized carbons (Fsp3) is 0.308. The molecular weight excluding hydrogens is 502 g/mol. The SMILES string of the molecule is COc1ccc(Cl)cc1NC(=O)C1CCN(S(=O)(=O)c2c(C)noc2C=Cc2ccc(C)cc2)CC1. The number of rotatable bonds is 7. The molecule has 0 atom stereocenters. The summed E-state index contributed by atoms with van der Waals surface area (Å²) in [5, 5.41) is 7.23. The molecule has 0 saturated carbocycles. The summed E-state index contributed by atoms with van der Waals surface area (Å²) in [4.78, 5) is 12.9. The molecule has 1 aliphatic rings. The third-order valence-corrected chi connectivity index (χ3v) is 8.47. The number of hydrogen-bond acceptors (Lipinski definition) is 6. The highest BCUT2D eigenvalue weighted by molar-refractivity contribution is 7.89. The molecule has 8 nitrogen and oxygen atoms in total. The highest BCUT2D eigenvalue weighted by Crippen LogP contribution is 2.31. The highest BCUT2D eigenvalue weighted by Gasteiger charge is 2.36. The molecule has 1 amide bonds. The summed E-state index contributed by atoms with van der Waals surface area (Å²) in [5.41, 5.74) is 2.83. The number of carbonyl (C=O) groups is 1. The first-order chi connectivity index (χ1) is 17.2. The lowest BCUT2D eigenvalue weighted by molar-refractivity contribution is -0.120. The predicted molar refractivity (Wildman–Crippen MR) is 139 cm³/mol. The minimum Gasteiger partial charge on any atom is -0.495 e. The Morgan fingerprint density at radius 2 is 1.83 bits per heavy atom. The third kappa shape index (κ3) is 5.64. The molecule has 0 spiro atoms. The maximum atomic E-state index is 13.5. The summed E-state index contributed by atoms with van der Waals surface area (Å²) in [6.07, 6.45) is 4.18. The van der Waals surface area contributed by atoms with E-state index in [0.717, 1.165) is 11.1 Å². The van der Waals surface area contributed by atoms with E-state index in [1.807, 2.05) is 31.2 Å². The van der Waals surface area contributed by atoms with Gasteiger partial charge >= 0.3 is 0 Å². The number of nitrogens with one attached hydrogen (secondary N) is 1. The molecule has 2 aromatic carbocycles. The van der Waals surface area contributed by atoms with Crippen LogP contribution in [0.25, 0.3) is 12.2 Å². The van der Waals surface area contributed by atoms with Gasteiger partial charge in [-0.25, -0.2) is 8.42 Å². The van der Waals surface area contributed by atoms with Gasteiger partial charge in [0.1, 0.15) is 11.4 Å². The second kappa shape index (κ2) is 10.9. The lowest BCUT2D eigenvalue weighted by Crippen LogP contribution is -2.41. The fourth-order valence-electron chi connectivity index (χ4n) is 4.15. The van der Waals surface area contributed by atoms with Crippen molar-refractivity contribution in [2.75, 3.05) is 25.5 Å². The van der Waals surface area contributed by atoms with E-state index in [4.69, 9.17) is 20.9 Å². The molecule has 0 bridgehead atoms. The van der Waals surface area contributed by atoms with Crippen LogP contribution in [0.1, 0.15) is 35.4 Å². The number of piperidine rings is 1. The van der Waals surface area contributed by atoms with Gasteiger partial charge in [-0.05, 0) is 56.5 Å². The summed E-state index contributed by atoms with van der Waals surface area (Å²) in [6.45, 7) is 4.02. The van der Waals surface area contributed by atoms with E-state index in [-0.39, 0.29) is 35.6 Å². The molecule has 0 aliphatic carbocycles. The quantitative estimate of drug-likeness (QED) is 0.453. The topological polar surface area (TPSA) is 102 Å². The molecule has 1 saturated heterocycles. The van der Waals surface area contributed by atoms with Gasteiger partial charge in [0.2, 0.25) is 15.9 Å². The molecule has 2 heterocycles. The number of methoxy groups -OCH3 is 1. The number of aromatic nitrogens is 1. The van der Waals surface area contributed by atoms with Crippen molar-refractivity contribution in [3.05, 3.63) is 70.1 Å². The monoisotopic (exact) mass is 529 g/mol. The summed E-state index contributed by atoms with van der Waals surface area (Å²) < 4.78 is 39.0. The number of benzene rings is 2. The summed E-state index contributed by atoms with van der Waals surface area (Å²) in [6, 6.07) is 12.8. The van der Waals surface area contributed by atoms with Crippen molar-refractivity contribution in [1.29, 1.82) is 0 Å². The van der Waals surface area contributed by atoms with Gasteiger partial charge in [-0.2, -0.15) is 4.31 Å². The molecular formula is C26H28ClN3O5S. The second-order valence-electron chi connectivity index (χ2n) is 8.72. The van der Waals surface area contributed by atoms with Crippen molar-refractivity contribution in [2.24, 2.45) is 5.92 Å². The van der Waals surface area contributed by atoms with E-state index in [1.54, 1.807) is 37.3 Å². The minimum atomic E-state index is -3.86. The smallest absolute Gasteiger partial charge is 0.248 e. The van der Waals surface area contributed by atoms with Gasteiger partial charge in [0.05, 0.1) is 12.8 Å². The maximum Gasteiger partial charge on any atom is 0.248 e. The van der Waals surface area contributed by atoms with E-state index in [9.17, 15) is 13.2 Å². The molecule has 1 fully saturated rings. The molecule has 1 N–H and O–H groups in total. The number of amides is 1. The Morgan fingerprint density at radius 1 is 1.14 bits per heavy atom. The number of nitrogens with zero attached hydrogens (tertiary/aromatic N) is 2. The zero-order valence-electron chi connectivity index (χ0n) is 20.3. The molecule has 36 heavy (non-hydrogen) atoms. The average molecular weight is 530 g/mol. The molecule has 190 valence electrons. The predicted octanol–water partition coefficient (Wildman–Crippen LogP) is 5.16. The maximum absolute atomic E-state index is 13.5. The van der Waals surface area contributed by atoms with Gasteiger partial charge in [-0.1, -0.05) is 52.7 Å². The van der Waals surface area contributed by atoms with Gasteiger partial charge in [0.25, 0.3) is 0 Å². The minimum absolute atomic E-state index is 0.0532. The Hall–Kier alpha value is -3.14. The molecule has 1 aromatic heterocycles. The van der Waals surface area contributed by atoms with Gasteiger partial charge < -0.3 is 14.6 Å². The van der Waals surface area contributed by atoms with Crippen LogP contribution in [-0.2, 0) is 14.8 Å². The number of aryl methyl sites for hydroxylation is 2. The number of carbonyl (C=O) groups excluding carboxylic acids is 1. The van der Waals surface area contributed by atoms with Crippen LogP contribution < -0.4 is 10.1 Å². The van der Waals surface area contributed by atoms with Crippen LogP contribution >= 0.6 is 11.6 Å². The second-order valence-corrected chi connectivity index (χ2v) is 11.0. The Kier molecular flexibility index (Phi) is 7.82. The van der Waals surface area contributed by atoms with Crippen LogP contribution in [-0.4, -0.2) is 44.0 Å². The number of sulfonamides is 1. The lowest BCUT2D eigenvalue weighted by atomic mass is 9.97. The molecule has 1 aliphatic heterocycles. The number of anilines is 1. The summed E-state index contributed by atoms with van der Waals surface area (Å²) in [7, 11) is -2.35. The molecule has 0 unspecified atom stereocenters. The van der Waals surface area contributed by atoms with Crippen molar-refractivity contribution >= 4 is 45.4 Å². The van der Waals surface area contributed by atoms with E-state index in [0.29, 0.717) is 35.0 Å². The Morgan fingerprint density at radius 3 is 2.50 bits per heavy atom. The first-order valence-corrected chi connectivity index (χ1v) is 13.4. The summed E-state index contributed by atoms with van der Waals surface area (Å²) in [5.74, 6) is 0.142. The van der Waals surface area contributed by atoms with Crippen molar-refractivity contribution in [2.45, 2.75) is 31.6 Å². The first kappa shape index (κ1) is 25.9. The van der Waals surface area contributed by atoms with Gasteiger partial charge in [-0.15, -0.1) is 0 Å². The number of hydrogen-bond donors (Lipinski definition) is 1. The largest absolute Gasteiger partial charge is 0.495 e. The van der Waals surface area contributed by atoms with Crippen LogP contribution in [0.4, 0.5) is 5.69 Å². The number of halogens is 1. The van der Waals surface area contributed by atoms with Gasteiger partial charge in [-0.3, -0.25) is 4.79 Å². The van der Waals surface area contributed by atoms with Gasteiger partial charge in [0, 0.05) is 24.0 Å². The van der Waals surface area contributed by atoms with E-state index < -0.39 is 10.0 Å². The zero-order valence-corrected chi connectivity index (χ0v) is 21.9. The fourth-order valence-corrected chi connectivity index (χ4v) is 6.04. The van der Waals surface area contributed by atoms with Crippen LogP contribution in [0, 0.1) is 19.8 Å². The van der Waals surface area contributed by atoms with Crippen LogP contribution in [0.15, 0.2) is 51.9 Å². The van der Waals surface area contributed by atoms with Crippen molar-refractivity contribution in [3.8, 4) is 5.75 Å². The van der Waals surface area contributed by atoms with Crippen LogP contribution in [0.3, 0.4) is 0 Å². The Labute approximate surface area is 215 Å². The number of ether oxygens (including phenoxy) is 1. The lowest BCUT2D eigenvalue weighted by Gasteiger charge is -2.30. The van der Waals surface area contributed by atoms with E-state index in [2.05, 4.69) is 10.5 Å². The Balaban J connectivity index is 1.45. The van der Waals surface area contributed by atoms with E-state index in [1.165, 1.54) is 11.4 Å². The van der Waals surface area contributed by atoms with E-state index >= 15 is 0 Å². The van der Waals surface area contributed by atoms with Crippen molar-refractivity contribution in [3.63, 3.8) is 0 Å². The summed E-state index contributed by atoms with van der Waals surface area (Å²) >= 11 is 6.05. The zero-order chi connectivity index (χ0) is 25.9. The molecule has 10 heteroatoms. The molecule has 0 radical (unpaired) electrons. The standard InChI is InChI=1S/C26H28ClN3O5S/c1-17-4-6-19(7-5-17)8-10-24-25(18(2)29-35-24)36(32,33)30-14-12-20(13-15-30)26(31)28-22-16-21(27)9-11-23(22)34-3/h4-11,16,20H,12-15H2,1-3H3,(H,28,31). The van der Waals surface area contributed by atoms with Crippen molar-refractivity contribution < 1.29 is 22.5 Å². The normalized spacial score (nSPS) is 15.3. The highest BCUT2D eigenvalue weighted by atomic mass is 35.5. The first-order valence-electron chi connectivity index (χ1n) is 11.5. The van der Waals surface area contributed by atoms with Gasteiger partial charge in [0.15, 0.2) is 10.7 Å². The van der Waals surface area contributed by atoms with Crippen LogP contribution in [0.2, 0.25) is 5.02 Å². The molecule has 3 aromatic rings. The van der Waals surface area contributed by atoms with Crippen molar-refractivity contribution in [1.82, 2.24) is 9.46 Å². The molecule has 4 rings (SSSR count).